The molecule has 3 heterocycles. The van der Waals surface area contributed by atoms with Crippen LogP contribution in [0, 0.1) is 13.8 Å². The lowest BCUT2D eigenvalue weighted by atomic mass is 10.1. The molecule has 1 aromatic carbocycles. The first-order chi connectivity index (χ1) is 15.6. The first kappa shape index (κ1) is 22.6. The van der Waals surface area contributed by atoms with Crippen molar-refractivity contribution in [3.05, 3.63) is 62.9 Å². The highest BCUT2D eigenvalue weighted by Gasteiger charge is 2.31. The number of H-pyrrole nitrogens is 1. The van der Waals surface area contributed by atoms with Gasteiger partial charge in [0.2, 0.25) is 11.7 Å². The Morgan fingerprint density at radius 2 is 1.91 bits per heavy atom. The van der Waals surface area contributed by atoms with Crippen LogP contribution in [0.4, 0.5) is 13.2 Å². The maximum Gasteiger partial charge on any atom is 0.416 e. The molecule has 1 N–H and O–H groups in total. The van der Waals surface area contributed by atoms with E-state index in [4.69, 9.17) is 4.52 Å². The summed E-state index contributed by atoms with van der Waals surface area (Å²) in [7, 11) is 0. The Kier molecular flexibility index (Phi) is 6.02. The van der Waals surface area contributed by atoms with Crippen molar-refractivity contribution in [3.8, 4) is 11.4 Å². The van der Waals surface area contributed by atoms with Gasteiger partial charge in [0.05, 0.1) is 17.8 Å². The predicted octanol–water partition coefficient (Wildman–Crippen LogP) is 2.41. The molecule has 0 aliphatic carbocycles. The van der Waals surface area contributed by atoms with Gasteiger partial charge in [-0.2, -0.15) is 23.3 Å². The molecule has 9 nitrogen and oxygen atoms in total. The minimum atomic E-state index is -4.46. The van der Waals surface area contributed by atoms with Crippen LogP contribution in [0.5, 0.6) is 0 Å². The summed E-state index contributed by atoms with van der Waals surface area (Å²) >= 11 is 0. The van der Waals surface area contributed by atoms with Crippen LogP contribution in [0.25, 0.3) is 11.4 Å². The van der Waals surface area contributed by atoms with E-state index < -0.39 is 17.3 Å². The molecule has 0 spiro atoms. The number of rotatable bonds is 4. The van der Waals surface area contributed by atoms with Crippen LogP contribution in [0.15, 0.2) is 33.6 Å². The van der Waals surface area contributed by atoms with Crippen LogP contribution in [-0.2, 0) is 12.7 Å². The summed E-state index contributed by atoms with van der Waals surface area (Å²) in [6, 6.07) is 4.73. The molecule has 1 aliphatic heterocycles. The lowest BCUT2D eigenvalue weighted by Crippen LogP contribution is -2.49. The lowest BCUT2D eigenvalue weighted by molar-refractivity contribution is -0.137. The average Bonchev–Trinajstić information content (AvgIpc) is 3.25. The van der Waals surface area contributed by atoms with E-state index >= 15 is 0 Å². The Morgan fingerprint density at radius 1 is 1.18 bits per heavy atom. The van der Waals surface area contributed by atoms with Crippen molar-refractivity contribution in [2.45, 2.75) is 26.6 Å². The number of piperazine rings is 1. The largest absolute Gasteiger partial charge is 0.416 e. The molecule has 2 aromatic heterocycles. The zero-order chi connectivity index (χ0) is 23.8. The van der Waals surface area contributed by atoms with Gasteiger partial charge < -0.3 is 9.42 Å². The minimum absolute atomic E-state index is 0.0765. The topological polar surface area (TPSA) is 108 Å². The molecule has 3 aromatic rings. The predicted molar refractivity (Wildman–Crippen MR) is 110 cm³/mol. The van der Waals surface area contributed by atoms with Gasteiger partial charge in [-0.25, -0.2) is 5.10 Å². The van der Waals surface area contributed by atoms with Crippen LogP contribution in [0.1, 0.15) is 33.1 Å². The summed E-state index contributed by atoms with van der Waals surface area (Å²) in [5, 5.41) is 10.0. The monoisotopic (exact) mass is 462 g/mol. The fourth-order valence-corrected chi connectivity index (χ4v) is 3.61. The summed E-state index contributed by atoms with van der Waals surface area (Å²) in [6.45, 7) is 5.52. The third kappa shape index (κ3) is 4.80. The molecule has 1 saturated heterocycles. The maximum atomic E-state index is 12.9. The highest BCUT2D eigenvalue weighted by atomic mass is 19.4. The summed E-state index contributed by atoms with van der Waals surface area (Å²) in [5.41, 5.74) is 0.148. The summed E-state index contributed by atoms with van der Waals surface area (Å²) in [5.74, 6) is -0.00423. The molecule has 1 amide bonds. The van der Waals surface area contributed by atoms with E-state index in [0.29, 0.717) is 44.0 Å². The zero-order valence-electron chi connectivity index (χ0n) is 17.9. The minimum Gasteiger partial charge on any atom is -0.338 e. The van der Waals surface area contributed by atoms with Crippen molar-refractivity contribution in [2.75, 3.05) is 26.2 Å². The van der Waals surface area contributed by atoms with E-state index in [-0.39, 0.29) is 28.7 Å². The van der Waals surface area contributed by atoms with Gasteiger partial charge in [0, 0.05) is 31.7 Å². The molecule has 1 fully saturated rings. The van der Waals surface area contributed by atoms with Crippen LogP contribution in [-0.4, -0.2) is 62.2 Å². The first-order valence-corrected chi connectivity index (χ1v) is 10.2. The normalized spacial score (nSPS) is 15.1. The molecule has 0 unspecified atom stereocenters. The van der Waals surface area contributed by atoms with Crippen LogP contribution in [0.2, 0.25) is 0 Å². The number of carbonyl (C=O) groups excluding carboxylic acids is 1. The van der Waals surface area contributed by atoms with Gasteiger partial charge in [0.1, 0.15) is 5.56 Å². The second-order valence-corrected chi connectivity index (χ2v) is 7.80. The van der Waals surface area contributed by atoms with E-state index in [9.17, 15) is 22.8 Å². The van der Waals surface area contributed by atoms with Crippen LogP contribution in [0.3, 0.4) is 0 Å². The van der Waals surface area contributed by atoms with E-state index in [0.717, 1.165) is 12.1 Å². The van der Waals surface area contributed by atoms with Crippen LogP contribution < -0.4 is 5.56 Å². The summed E-state index contributed by atoms with van der Waals surface area (Å²) < 4.78 is 44.0. The number of alkyl halides is 3. The highest BCUT2D eigenvalue weighted by molar-refractivity contribution is 5.95. The molecule has 174 valence electrons. The van der Waals surface area contributed by atoms with E-state index in [1.165, 1.54) is 12.1 Å². The third-order valence-electron chi connectivity index (χ3n) is 5.62. The van der Waals surface area contributed by atoms with Crippen molar-refractivity contribution < 1.29 is 22.5 Å². The van der Waals surface area contributed by atoms with Crippen molar-refractivity contribution in [1.82, 2.24) is 30.1 Å². The van der Waals surface area contributed by atoms with E-state index in [2.05, 4.69) is 20.3 Å². The standard InChI is InChI=1S/C21H21F3N6O3/c1-12-13(2)26-27-19(31)17(12)20(32)30-8-6-29(7-9-30)11-16-25-18(28-33-16)14-4-3-5-15(10-14)21(22,23)24/h3-5,10H,6-9,11H2,1-2H3,(H,27,31). The summed E-state index contributed by atoms with van der Waals surface area (Å²) in [4.78, 5) is 32.8. The number of aromatic amines is 1. The number of nitrogens with zero attached hydrogens (tertiary/aromatic N) is 5. The number of aromatic nitrogens is 4. The molecule has 0 radical (unpaired) electrons. The number of halogens is 3. The second kappa shape index (κ2) is 8.77. The third-order valence-corrected chi connectivity index (χ3v) is 5.62. The average molecular weight is 462 g/mol. The Balaban J connectivity index is 1.39. The number of nitrogens with one attached hydrogen (secondary N) is 1. The number of aryl methyl sites for hydroxylation is 1. The highest BCUT2D eigenvalue weighted by Crippen LogP contribution is 2.31. The van der Waals surface area contributed by atoms with Gasteiger partial charge >= 0.3 is 6.18 Å². The van der Waals surface area contributed by atoms with Crippen molar-refractivity contribution in [1.29, 1.82) is 0 Å². The van der Waals surface area contributed by atoms with E-state index in [1.807, 2.05) is 4.90 Å². The molecule has 0 atom stereocenters. The molecule has 0 bridgehead atoms. The van der Waals surface area contributed by atoms with Gasteiger partial charge in [0.15, 0.2) is 0 Å². The maximum absolute atomic E-state index is 12.9. The number of amides is 1. The molecule has 4 rings (SSSR count). The molecule has 33 heavy (non-hydrogen) atoms. The zero-order valence-corrected chi connectivity index (χ0v) is 17.9. The van der Waals surface area contributed by atoms with Gasteiger partial charge in [-0.3, -0.25) is 14.5 Å². The molecule has 0 saturated carbocycles. The van der Waals surface area contributed by atoms with Crippen molar-refractivity contribution >= 4 is 5.91 Å². The summed E-state index contributed by atoms with van der Waals surface area (Å²) in [6.07, 6.45) is -4.46. The number of hydrogen-bond acceptors (Lipinski definition) is 7. The quantitative estimate of drug-likeness (QED) is 0.634. The Labute approximate surface area is 186 Å². The SMILES string of the molecule is Cc1n[nH]c(=O)c(C(=O)N2CCN(Cc3nc(-c4cccc(C(F)(F)F)c4)no3)CC2)c1C. The Hall–Kier alpha value is -3.54. The molecular weight excluding hydrogens is 441 g/mol. The Morgan fingerprint density at radius 3 is 2.61 bits per heavy atom. The van der Waals surface area contributed by atoms with Gasteiger partial charge in [-0.15, -0.1) is 0 Å². The molecule has 12 heteroatoms. The first-order valence-electron chi connectivity index (χ1n) is 10.2. The smallest absolute Gasteiger partial charge is 0.338 e. The van der Waals surface area contributed by atoms with Crippen LogP contribution >= 0.6 is 0 Å². The second-order valence-electron chi connectivity index (χ2n) is 7.80. The molecule has 1 aliphatic rings. The number of hydrogen-bond donors (Lipinski definition) is 1. The van der Waals surface area contributed by atoms with Gasteiger partial charge in [0.25, 0.3) is 11.5 Å². The lowest BCUT2D eigenvalue weighted by Gasteiger charge is -2.34. The fraction of sp³-hybridized carbons (Fsp3) is 0.381. The van der Waals surface area contributed by atoms with Gasteiger partial charge in [-0.1, -0.05) is 17.3 Å². The van der Waals surface area contributed by atoms with Gasteiger partial charge in [-0.05, 0) is 31.5 Å². The van der Waals surface area contributed by atoms with Crippen molar-refractivity contribution in [2.24, 2.45) is 0 Å². The Bertz CT molecular complexity index is 1230. The molecular formula is C21H21F3N6O3. The number of benzene rings is 1. The van der Waals surface area contributed by atoms with E-state index in [1.54, 1.807) is 18.7 Å². The van der Waals surface area contributed by atoms with Crippen molar-refractivity contribution in [3.63, 3.8) is 0 Å². The fourth-order valence-electron chi connectivity index (χ4n) is 3.61. The number of carbonyl (C=O) groups is 1.